The third kappa shape index (κ3) is 9.29. The van der Waals surface area contributed by atoms with E-state index in [4.69, 9.17) is 5.11 Å². The second kappa shape index (κ2) is 7.32. The summed E-state index contributed by atoms with van der Waals surface area (Å²) in [6, 6.07) is -1.59. The molecule has 0 aliphatic heterocycles. The van der Waals surface area contributed by atoms with E-state index in [2.05, 4.69) is 10.6 Å². The fraction of sp³-hybridized carbons (Fsp3) is 0.818. The normalized spacial score (nSPS) is 14.8. The molecule has 2 amide bonds. The van der Waals surface area contributed by atoms with Gasteiger partial charge in [-0.3, -0.25) is 4.79 Å². The number of carboxylic acids is 1. The smallest absolute Gasteiger partial charge is 0.315 e. The molecule has 0 bridgehead atoms. The average Bonchev–Trinajstić information content (AvgIpc) is 2.11. The molecule has 112 valence electrons. The number of carboxylic acid groups (broad SMARTS) is 1. The van der Waals surface area contributed by atoms with Crippen LogP contribution in [0.1, 0.15) is 27.2 Å². The number of aliphatic carboxylic acids is 1. The second-order valence-corrected chi connectivity index (χ2v) is 7.24. The quantitative estimate of drug-likeness (QED) is 0.621. The first-order valence-electron chi connectivity index (χ1n) is 5.97. The van der Waals surface area contributed by atoms with Gasteiger partial charge in [0.15, 0.2) is 0 Å². The van der Waals surface area contributed by atoms with E-state index in [0.717, 1.165) is 6.26 Å². The third-order valence-corrected chi connectivity index (χ3v) is 3.55. The molecule has 2 unspecified atom stereocenters. The number of urea groups is 1. The number of sulfone groups is 1. The van der Waals surface area contributed by atoms with E-state index >= 15 is 0 Å². The van der Waals surface area contributed by atoms with Crippen LogP contribution in [0.4, 0.5) is 4.79 Å². The van der Waals surface area contributed by atoms with Crippen LogP contribution in [0.15, 0.2) is 0 Å². The summed E-state index contributed by atoms with van der Waals surface area (Å²) in [6.45, 7) is 5.17. The van der Waals surface area contributed by atoms with Gasteiger partial charge in [0.25, 0.3) is 0 Å². The van der Waals surface area contributed by atoms with Crippen LogP contribution in [-0.2, 0) is 14.6 Å². The molecule has 8 heteroatoms. The maximum absolute atomic E-state index is 11.6. The predicted octanol–water partition coefficient (Wildman–Crippen LogP) is 0.218. The highest BCUT2D eigenvalue weighted by Crippen LogP contribution is 2.06. The lowest BCUT2D eigenvalue weighted by atomic mass is 10.0. The van der Waals surface area contributed by atoms with E-state index in [1.165, 1.54) is 0 Å². The monoisotopic (exact) mass is 294 g/mol. The number of amides is 2. The van der Waals surface area contributed by atoms with Crippen molar-refractivity contribution < 1.29 is 23.1 Å². The van der Waals surface area contributed by atoms with Crippen molar-refractivity contribution >= 4 is 21.8 Å². The highest BCUT2D eigenvalue weighted by molar-refractivity contribution is 7.90. The molecule has 0 heterocycles. The summed E-state index contributed by atoms with van der Waals surface area (Å²) >= 11 is 0. The van der Waals surface area contributed by atoms with Gasteiger partial charge in [0.1, 0.15) is 9.84 Å². The first-order chi connectivity index (χ1) is 8.51. The first kappa shape index (κ1) is 17.7. The van der Waals surface area contributed by atoms with E-state index in [0.29, 0.717) is 0 Å². The summed E-state index contributed by atoms with van der Waals surface area (Å²) in [5.41, 5.74) is 0. The Morgan fingerprint density at radius 3 is 2.05 bits per heavy atom. The molecule has 0 saturated heterocycles. The maximum Gasteiger partial charge on any atom is 0.315 e. The van der Waals surface area contributed by atoms with Gasteiger partial charge in [0.05, 0.1) is 12.2 Å². The Hall–Kier alpha value is -1.31. The zero-order chi connectivity index (χ0) is 15.2. The van der Waals surface area contributed by atoms with Gasteiger partial charge in [-0.15, -0.1) is 0 Å². The first-order valence-corrected chi connectivity index (χ1v) is 8.04. The van der Waals surface area contributed by atoms with Crippen LogP contribution in [0, 0.1) is 5.92 Å². The Kier molecular flexibility index (Phi) is 6.82. The lowest BCUT2D eigenvalue weighted by Gasteiger charge is -2.22. The summed E-state index contributed by atoms with van der Waals surface area (Å²) in [4.78, 5) is 22.3. The molecule has 19 heavy (non-hydrogen) atoms. The fourth-order valence-electron chi connectivity index (χ4n) is 1.57. The van der Waals surface area contributed by atoms with Crippen molar-refractivity contribution in [2.24, 2.45) is 5.92 Å². The number of rotatable bonds is 7. The van der Waals surface area contributed by atoms with Gasteiger partial charge in [-0.2, -0.15) is 0 Å². The SMILES string of the molecule is CC(CS(C)(=O)=O)NC(=O)NC(CC(=O)O)C(C)C. The Morgan fingerprint density at radius 2 is 1.68 bits per heavy atom. The van der Waals surface area contributed by atoms with Crippen molar-refractivity contribution in [1.29, 1.82) is 0 Å². The van der Waals surface area contributed by atoms with Crippen molar-refractivity contribution in [3.8, 4) is 0 Å². The Labute approximate surface area is 113 Å². The average molecular weight is 294 g/mol. The minimum Gasteiger partial charge on any atom is -0.481 e. The molecule has 0 saturated carbocycles. The number of carbonyl (C=O) groups excluding carboxylic acids is 1. The highest BCUT2D eigenvalue weighted by Gasteiger charge is 2.20. The molecule has 0 spiro atoms. The van der Waals surface area contributed by atoms with Crippen LogP contribution in [0.3, 0.4) is 0 Å². The molecule has 0 aromatic carbocycles. The summed E-state index contributed by atoms with van der Waals surface area (Å²) < 4.78 is 22.1. The van der Waals surface area contributed by atoms with Gasteiger partial charge in [-0.25, -0.2) is 13.2 Å². The molecule has 7 nitrogen and oxygen atoms in total. The van der Waals surface area contributed by atoms with Crippen LogP contribution < -0.4 is 10.6 Å². The van der Waals surface area contributed by atoms with Crippen molar-refractivity contribution in [1.82, 2.24) is 10.6 Å². The summed E-state index contributed by atoms with van der Waals surface area (Å²) in [5.74, 6) is -1.19. The second-order valence-electron chi connectivity index (χ2n) is 5.06. The number of hydrogen-bond donors (Lipinski definition) is 3. The lowest BCUT2D eigenvalue weighted by Crippen LogP contribution is -2.49. The number of carbonyl (C=O) groups is 2. The van der Waals surface area contributed by atoms with Gasteiger partial charge in [0, 0.05) is 18.3 Å². The minimum atomic E-state index is -3.17. The summed E-state index contributed by atoms with van der Waals surface area (Å²) in [6.07, 6.45) is 0.913. The maximum atomic E-state index is 11.6. The van der Waals surface area contributed by atoms with E-state index in [9.17, 15) is 18.0 Å². The van der Waals surface area contributed by atoms with E-state index < -0.39 is 33.9 Å². The molecule has 0 aromatic heterocycles. The van der Waals surface area contributed by atoms with Crippen LogP contribution in [-0.4, -0.2) is 49.6 Å². The zero-order valence-electron chi connectivity index (χ0n) is 11.6. The molecule has 0 aromatic rings. The number of nitrogens with one attached hydrogen (secondary N) is 2. The molecule has 0 aliphatic carbocycles. The Balaban J connectivity index is 4.38. The molecule has 2 atom stereocenters. The van der Waals surface area contributed by atoms with Gasteiger partial charge >= 0.3 is 12.0 Å². The largest absolute Gasteiger partial charge is 0.481 e. The topological polar surface area (TPSA) is 113 Å². The van der Waals surface area contributed by atoms with Crippen LogP contribution in [0.5, 0.6) is 0 Å². The van der Waals surface area contributed by atoms with E-state index in [1.54, 1.807) is 20.8 Å². The summed E-state index contributed by atoms with van der Waals surface area (Å²) in [7, 11) is -3.17. The molecular weight excluding hydrogens is 272 g/mol. The van der Waals surface area contributed by atoms with E-state index in [-0.39, 0.29) is 18.1 Å². The fourth-order valence-corrected chi connectivity index (χ4v) is 2.56. The third-order valence-electron chi connectivity index (χ3n) is 2.45. The molecule has 0 rings (SSSR count). The van der Waals surface area contributed by atoms with Gasteiger partial charge in [0.2, 0.25) is 0 Å². The van der Waals surface area contributed by atoms with Crippen molar-refractivity contribution in [3.05, 3.63) is 0 Å². The zero-order valence-corrected chi connectivity index (χ0v) is 12.5. The minimum absolute atomic E-state index is 0.0351. The van der Waals surface area contributed by atoms with Gasteiger partial charge in [-0.1, -0.05) is 13.8 Å². The van der Waals surface area contributed by atoms with Crippen LogP contribution >= 0.6 is 0 Å². The van der Waals surface area contributed by atoms with Crippen molar-refractivity contribution in [2.45, 2.75) is 39.3 Å². The number of hydrogen-bond acceptors (Lipinski definition) is 4. The van der Waals surface area contributed by atoms with Gasteiger partial charge in [-0.05, 0) is 12.8 Å². The Morgan fingerprint density at radius 1 is 1.16 bits per heavy atom. The molecular formula is C11H22N2O5S. The van der Waals surface area contributed by atoms with E-state index in [1.807, 2.05) is 0 Å². The molecule has 0 radical (unpaired) electrons. The summed E-state index contributed by atoms with van der Waals surface area (Å²) in [5, 5.41) is 13.7. The standard InChI is InChI=1S/C11H22N2O5S/c1-7(2)9(5-10(14)15)13-11(16)12-8(3)6-19(4,17)18/h7-9H,5-6H2,1-4H3,(H,14,15)(H2,12,13,16). The Bertz CT molecular complexity index is 419. The van der Waals surface area contributed by atoms with Crippen molar-refractivity contribution in [3.63, 3.8) is 0 Å². The van der Waals surface area contributed by atoms with Crippen LogP contribution in [0.2, 0.25) is 0 Å². The molecule has 0 aliphatic rings. The highest BCUT2D eigenvalue weighted by atomic mass is 32.2. The van der Waals surface area contributed by atoms with Crippen molar-refractivity contribution in [2.75, 3.05) is 12.0 Å². The predicted molar refractivity (Wildman–Crippen MR) is 71.7 cm³/mol. The van der Waals surface area contributed by atoms with Gasteiger partial charge < -0.3 is 15.7 Å². The molecule has 3 N–H and O–H groups in total. The molecule has 0 fully saturated rings. The van der Waals surface area contributed by atoms with Crippen LogP contribution in [0.25, 0.3) is 0 Å². The lowest BCUT2D eigenvalue weighted by molar-refractivity contribution is -0.137.